The van der Waals surface area contributed by atoms with Crippen LogP contribution in [-0.4, -0.2) is 38.4 Å². The zero-order chi connectivity index (χ0) is 26.1. The lowest BCUT2D eigenvalue weighted by Crippen LogP contribution is -2.41. The third kappa shape index (κ3) is 4.71. The molecule has 1 aliphatic carbocycles. The third-order valence-corrected chi connectivity index (χ3v) is 7.24. The number of ether oxygens (including phenoxy) is 1. The van der Waals surface area contributed by atoms with Crippen molar-refractivity contribution in [3.63, 3.8) is 0 Å². The van der Waals surface area contributed by atoms with Crippen LogP contribution in [0.2, 0.25) is 0 Å². The number of hydrogen-bond donors (Lipinski definition) is 1. The van der Waals surface area contributed by atoms with Gasteiger partial charge in [0.05, 0.1) is 11.4 Å². The number of benzene rings is 2. The van der Waals surface area contributed by atoms with Gasteiger partial charge in [-0.25, -0.2) is 9.97 Å². The van der Waals surface area contributed by atoms with Crippen LogP contribution in [0.5, 0.6) is 11.5 Å². The third-order valence-electron chi connectivity index (χ3n) is 7.24. The van der Waals surface area contributed by atoms with Gasteiger partial charge in [-0.3, -0.25) is 4.79 Å². The van der Waals surface area contributed by atoms with Gasteiger partial charge < -0.3 is 19.9 Å². The molecule has 0 spiro atoms. The number of nitrogen functional groups attached to an aromatic ring is 1. The molecule has 1 unspecified atom stereocenters. The Morgan fingerprint density at radius 3 is 2.55 bits per heavy atom. The smallest absolute Gasteiger partial charge is 0.264 e. The summed E-state index contributed by atoms with van der Waals surface area (Å²) in [7, 11) is 0. The normalized spacial score (nSPS) is 17.8. The van der Waals surface area contributed by atoms with E-state index in [1.54, 1.807) is 4.90 Å². The van der Waals surface area contributed by atoms with Crippen molar-refractivity contribution in [2.45, 2.75) is 31.7 Å². The largest absolute Gasteiger partial charge is 0.457 e. The quantitative estimate of drug-likeness (QED) is 0.274. The molecule has 190 valence electrons. The van der Waals surface area contributed by atoms with Crippen LogP contribution in [0.1, 0.15) is 31.7 Å². The number of anilines is 1. The Morgan fingerprint density at radius 1 is 1.05 bits per heavy atom. The van der Waals surface area contributed by atoms with Crippen molar-refractivity contribution in [1.29, 1.82) is 5.26 Å². The topological polar surface area (TPSA) is 110 Å². The van der Waals surface area contributed by atoms with E-state index in [0.717, 1.165) is 59.3 Å². The average Bonchev–Trinajstić information content (AvgIpc) is 3.69. The van der Waals surface area contributed by atoms with Crippen molar-refractivity contribution < 1.29 is 9.53 Å². The molecule has 8 heteroatoms. The highest BCUT2D eigenvalue weighted by Crippen LogP contribution is 2.37. The molecule has 4 aromatic rings. The van der Waals surface area contributed by atoms with Gasteiger partial charge in [0.1, 0.15) is 40.9 Å². The molecule has 0 radical (unpaired) electrons. The SMILES string of the molecule is N#CC(=CC1CC1)C(=O)N1CCCC(n2cc(-c3ccc(Oc4ccccc4)cc3)c3c(N)ncnc32)C1. The van der Waals surface area contributed by atoms with E-state index < -0.39 is 0 Å². The molecule has 2 fully saturated rings. The van der Waals surface area contributed by atoms with Gasteiger partial charge in [-0.05, 0) is 61.4 Å². The van der Waals surface area contributed by atoms with E-state index in [1.165, 1.54) is 6.33 Å². The minimum Gasteiger partial charge on any atom is -0.457 e. The molecule has 6 rings (SSSR count). The number of rotatable bonds is 6. The fraction of sp³-hybridized carbons (Fsp3) is 0.267. The number of carbonyl (C=O) groups is 1. The summed E-state index contributed by atoms with van der Waals surface area (Å²) in [6, 6.07) is 19.7. The monoisotopic (exact) mass is 504 g/mol. The first-order valence-corrected chi connectivity index (χ1v) is 13.0. The van der Waals surface area contributed by atoms with Gasteiger partial charge >= 0.3 is 0 Å². The van der Waals surface area contributed by atoms with Crippen LogP contribution in [0, 0.1) is 17.2 Å². The number of aromatic nitrogens is 3. The van der Waals surface area contributed by atoms with E-state index >= 15 is 0 Å². The van der Waals surface area contributed by atoms with Gasteiger partial charge in [-0.1, -0.05) is 36.4 Å². The number of piperidine rings is 1. The summed E-state index contributed by atoms with van der Waals surface area (Å²) < 4.78 is 8.07. The van der Waals surface area contributed by atoms with E-state index in [0.29, 0.717) is 24.8 Å². The lowest BCUT2D eigenvalue weighted by atomic mass is 10.0. The Labute approximate surface area is 221 Å². The number of nitriles is 1. The van der Waals surface area contributed by atoms with E-state index in [9.17, 15) is 10.1 Å². The molecule has 2 aromatic heterocycles. The summed E-state index contributed by atoms with van der Waals surface area (Å²) in [6.07, 6.45) is 9.24. The van der Waals surface area contributed by atoms with Gasteiger partial charge in [0.25, 0.3) is 5.91 Å². The van der Waals surface area contributed by atoms with E-state index in [4.69, 9.17) is 10.5 Å². The van der Waals surface area contributed by atoms with Crippen LogP contribution in [0.3, 0.4) is 0 Å². The fourth-order valence-corrected chi connectivity index (χ4v) is 5.12. The summed E-state index contributed by atoms with van der Waals surface area (Å²) in [5.41, 5.74) is 9.26. The van der Waals surface area contributed by atoms with E-state index in [2.05, 4.69) is 26.8 Å². The van der Waals surface area contributed by atoms with Gasteiger partial charge in [0.2, 0.25) is 0 Å². The molecule has 3 heterocycles. The molecule has 1 atom stereocenters. The first kappa shape index (κ1) is 23.7. The zero-order valence-corrected chi connectivity index (χ0v) is 21.0. The first-order chi connectivity index (χ1) is 18.6. The minimum absolute atomic E-state index is 0.0137. The minimum atomic E-state index is -0.177. The number of likely N-dealkylation sites (tertiary alicyclic amines) is 1. The van der Waals surface area contributed by atoms with Crippen LogP contribution in [0.15, 0.2) is 78.8 Å². The van der Waals surface area contributed by atoms with Crippen LogP contribution in [-0.2, 0) is 4.79 Å². The second-order valence-electron chi connectivity index (χ2n) is 9.92. The summed E-state index contributed by atoms with van der Waals surface area (Å²) >= 11 is 0. The van der Waals surface area contributed by atoms with Crippen molar-refractivity contribution in [1.82, 2.24) is 19.4 Å². The lowest BCUT2D eigenvalue weighted by Gasteiger charge is -2.33. The number of nitrogens with two attached hydrogens (primary N) is 1. The maximum absolute atomic E-state index is 13.1. The molecule has 8 nitrogen and oxygen atoms in total. The van der Waals surface area contributed by atoms with Crippen molar-refractivity contribution >= 4 is 22.8 Å². The van der Waals surface area contributed by atoms with Gasteiger partial charge in [0.15, 0.2) is 0 Å². The van der Waals surface area contributed by atoms with Gasteiger partial charge in [-0.2, -0.15) is 5.26 Å². The maximum atomic E-state index is 13.1. The van der Waals surface area contributed by atoms with Gasteiger partial charge in [-0.15, -0.1) is 0 Å². The molecule has 38 heavy (non-hydrogen) atoms. The summed E-state index contributed by atoms with van der Waals surface area (Å²) in [5.74, 6) is 2.12. The van der Waals surface area contributed by atoms with Crippen LogP contribution in [0.25, 0.3) is 22.2 Å². The average molecular weight is 505 g/mol. The van der Waals surface area contributed by atoms with Crippen molar-refractivity contribution in [3.05, 3.63) is 78.8 Å². The van der Waals surface area contributed by atoms with Crippen LogP contribution in [0.4, 0.5) is 5.82 Å². The van der Waals surface area contributed by atoms with Crippen LogP contribution >= 0.6 is 0 Å². The molecule has 2 aliphatic rings. The molecule has 2 N–H and O–H groups in total. The number of carbonyl (C=O) groups excluding carboxylic acids is 1. The summed E-state index contributed by atoms with van der Waals surface area (Å²) in [5, 5.41) is 10.4. The second-order valence-corrected chi connectivity index (χ2v) is 9.92. The Hall–Kier alpha value is -4.64. The molecule has 1 amide bonds. The highest BCUT2D eigenvalue weighted by Gasteiger charge is 2.30. The zero-order valence-electron chi connectivity index (χ0n) is 21.0. The molecule has 2 aromatic carbocycles. The number of hydrogen-bond acceptors (Lipinski definition) is 6. The number of nitrogens with zero attached hydrogens (tertiary/aromatic N) is 5. The predicted octanol–water partition coefficient (Wildman–Crippen LogP) is 5.50. The number of allylic oxidation sites excluding steroid dienone is 1. The van der Waals surface area contributed by atoms with Crippen molar-refractivity contribution in [2.75, 3.05) is 18.8 Å². The molecule has 1 saturated heterocycles. The predicted molar refractivity (Wildman–Crippen MR) is 145 cm³/mol. The van der Waals surface area contributed by atoms with E-state index in [1.807, 2.05) is 60.7 Å². The Morgan fingerprint density at radius 2 is 1.82 bits per heavy atom. The first-order valence-electron chi connectivity index (χ1n) is 13.0. The molecule has 0 bridgehead atoms. The highest BCUT2D eigenvalue weighted by molar-refractivity contribution is 6.01. The highest BCUT2D eigenvalue weighted by atomic mass is 16.5. The van der Waals surface area contributed by atoms with E-state index in [-0.39, 0.29) is 17.5 Å². The summed E-state index contributed by atoms with van der Waals surface area (Å²) in [6.45, 7) is 1.16. The maximum Gasteiger partial charge on any atom is 0.264 e. The van der Waals surface area contributed by atoms with Gasteiger partial charge in [0, 0.05) is 24.8 Å². The number of para-hydroxylation sites is 1. The second kappa shape index (κ2) is 10.0. The van der Waals surface area contributed by atoms with Crippen LogP contribution < -0.4 is 10.5 Å². The lowest BCUT2D eigenvalue weighted by molar-refractivity contribution is -0.128. The summed E-state index contributed by atoms with van der Waals surface area (Å²) in [4.78, 5) is 23.8. The molecular formula is C30H28N6O2. The fourth-order valence-electron chi connectivity index (χ4n) is 5.12. The molecular weight excluding hydrogens is 476 g/mol. The Bertz CT molecular complexity index is 1550. The number of amides is 1. The Kier molecular flexibility index (Phi) is 6.26. The molecule has 1 saturated carbocycles. The standard InChI is InChI=1S/C30H28N6O2/c31-16-22(15-20-8-9-20)30(37)35-14-4-5-23(17-35)36-18-26(27-28(32)33-19-34-29(27)36)21-10-12-25(13-11-21)38-24-6-2-1-3-7-24/h1-3,6-7,10-13,15,18-20,23H,4-5,8-9,14,17H2,(H2,32,33,34). The Balaban J connectivity index is 1.30. The molecule has 1 aliphatic heterocycles. The number of fused-ring (bicyclic) bond motifs is 1. The van der Waals surface area contributed by atoms with Crippen molar-refractivity contribution in [3.8, 4) is 28.7 Å². The van der Waals surface area contributed by atoms with Crippen molar-refractivity contribution in [2.24, 2.45) is 5.92 Å².